The molecule has 4 heteroatoms. The Morgan fingerprint density at radius 2 is 1.90 bits per heavy atom. The second kappa shape index (κ2) is 6.06. The van der Waals surface area contributed by atoms with Crippen molar-refractivity contribution in [2.75, 3.05) is 5.75 Å². The summed E-state index contributed by atoms with van der Waals surface area (Å²) in [5.74, 6) is 0.0957. The number of carbonyl (C=O) groups is 1. The number of carboxylic acid groups (broad SMARTS) is 1. The van der Waals surface area contributed by atoms with Crippen LogP contribution in [0.1, 0.15) is 10.4 Å². The summed E-state index contributed by atoms with van der Waals surface area (Å²) in [6.45, 7) is 0.898. The van der Waals surface area contributed by atoms with Gasteiger partial charge in [0.15, 0.2) is 0 Å². The van der Waals surface area contributed by atoms with Crippen molar-refractivity contribution in [2.45, 2.75) is 11.4 Å². The van der Waals surface area contributed by atoms with Crippen LogP contribution in [0.15, 0.2) is 65.7 Å². The summed E-state index contributed by atoms with van der Waals surface area (Å²) in [7, 11) is 0. The molecule has 0 bridgehead atoms. The Labute approximate surface area is 127 Å². The Balaban J connectivity index is 1.71. The van der Waals surface area contributed by atoms with Gasteiger partial charge in [0.2, 0.25) is 0 Å². The molecule has 0 aliphatic carbocycles. The average Bonchev–Trinajstić information content (AvgIpc) is 2.91. The molecule has 0 unspecified atom stereocenters. The number of hydrogen-bond donors (Lipinski definition) is 1. The van der Waals surface area contributed by atoms with Crippen molar-refractivity contribution >= 4 is 28.6 Å². The topological polar surface area (TPSA) is 42.2 Å². The van der Waals surface area contributed by atoms with Crippen molar-refractivity contribution in [2.24, 2.45) is 0 Å². The maximum atomic E-state index is 11.0. The number of aryl methyl sites for hydroxylation is 1. The van der Waals surface area contributed by atoms with E-state index < -0.39 is 5.97 Å². The Morgan fingerprint density at radius 3 is 2.67 bits per heavy atom. The minimum absolute atomic E-state index is 0.332. The minimum atomic E-state index is -0.885. The zero-order valence-electron chi connectivity index (χ0n) is 11.4. The molecule has 3 nitrogen and oxygen atoms in total. The monoisotopic (exact) mass is 297 g/mol. The van der Waals surface area contributed by atoms with Crippen LogP contribution in [0.2, 0.25) is 0 Å². The van der Waals surface area contributed by atoms with Gasteiger partial charge in [-0.2, -0.15) is 0 Å². The van der Waals surface area contributed by atoms with Gasteiger partial charge in [-0.1, -0.05) is 18.2 Å². The van der Waals surface area contributed by atoms with Gasteiger partial charge in [0.1, 0.15) is 0 Å². The molecule has 0 amide bonds. The van der Waals surface area contributed by atoms with Crippen LogP contribution < -0.4 is 0 Å². The van der Waals surface area contributed by atoms with E-state index in [1.54, 1.807) is 12.1 Å². The van der Waals surface area contributed by atoms with E-state index in [-0.39, 0.29) is 0 Å². The molecule has 1 aromatic heterocycles. The van der Waals surface area contributed by atoms with Crippen LogP contribution in [0.5, 0.6) is 0 Å². The summed E-state index contributed by atoms with van der Waals surface area (Å²) in [6, 6.07) is 17.5. The number of rotatable bonds is 5. The van der Waals surface area contributed by atoms with Crippen molar-refractivity contribution in [1.29, 1.82) is 0 Å². The number of benzene rings is 2. The number of carboxylic acids is 1. The van der Waals surface area contributed by atoms with E-state index >= 15 is 0 Å². The molecule has 21 heavy (non-hydrogen) atoms. The van der Waals surface area contributed by atoms with Crippen LogP contribution in [0.3, 0.4) is 0 Å². The molecule has 3 rings (SSSR count). The van der Waals surface area contributed by atoms with Crippen LogP contribution in [0, 0.1) is 0 Å². The predicted molar refractivity (Wildman–Crippen MR) is 86.1 cm³/mol. The molecule has 0 fully saturated rings. The van der Waals surface area contributed by atoms with E-state index in [4.69, 9.17) is 5.11 Å². The zero-order chi connectivity index (χ0) is 14.7. The fraction of sp³-hybridized carbons (Fsp3) is 0.118. The molecule has 0 atom stereocenters. The Hall–Kier alpha value is -2.20. The van der Waals surface area contributed by atoms with E-state index in [1.165, 1.54) is 4.90 Å². The van der Waals surface area contributed by atoms with Gasteiger partial charge in [0.25, 0.3) is 0 Å². The van der Waals surface area contributed by atoms with Crippen LogP contribution in [-0.2, 0) is 6.54 Å². The van der Waals surface area contributed by atoms with Gasteiger partial charge >= 0.3 is 5.97 Å². The summed E-state index contributed by atoms with van der Waals surface area (Å²) >= 11 is 1.82. The van der Waals surface area contributed by atoms with E-state index in [1.807, 2.05) is 48.3 Å². The molecular weight excluding hydrogens is 282 g/mol. The normalized spacial score (nSPS) is 10.9. The molecule has 0 saturated carbocycles. The molecular formula is C17H15NO2S. The number of aromatic carboxylic acids is 1. The van der Waals surface area contributed by atoms with Gasteiger partial charge in [-0.25, -0.2) is 4.79 Å². The Bertz CT molecular complexity index is 765. The van der Waals surface area contributed by atoms with E-state index in [9.17, 15) is 4.79 Å². The van der Waals surface area contributed by atoms with Crippen LogP contribution >= 0.6 is 11.8 Å². The highest BCUT2D eigenvalue weighted by molar-refractivity contribution is 7.99. The van der Waals surface area contributed by atoms with E-state index in [2.05, 4.69) is 16.7 Å². The van der Waals surface area contributed by atoms with Gasteiger partial charge in [0.05, 0.1) is 5.56 Å². The second-order valence-electron chi connectivity index (χ2n) is 4.75. The van der Waals surface area contributed by atoms with Gasteiger partial charge in [0, 0.05) is 34.3 Å². The smallest absolute Gasteiger partial charge is 0.335 e. The first-order valence-corrected chi connectivity index (χ1v) is 7.72. The molecule has 3 aromatic rings. The number of hydrogen-bond acceptors (Lipinski definition) is 2. The predicted octanol–water partition coefficient (Wildman–Crippen LogP) is 4.13. The van der Waals surface area contributed by atoms with Crippen molar-refractivity contribution < 1.29 is 9.90 Å². The largest absolute Gasteiger partial charge is 0.478 e. The summed E-state index contributed by atoms with van der Waals surface area (Å²) in [6.07, 6.45) is 2.02. The third-order valence-electron chi connectivity index (χ3n) is 3.36. The SMILES string of the molecule is O=C(O)c1ccc2c(ccn2CCSc2ccccc2)c1. The molecule has 0 radical (unpaired) electrons. The fourth-order valence-corrected chi connectivity index (χ4v) is 3.18. The lowest BCUT2D eigenvalue weighted by molar-refractivity contribution is 0.0697. The van der Waals surface area contributed by atoms with E-state index in [0.717, 1.165) is 23.2 Å². The lowest BCUT2D eigenvalue weighted by Crippen LogP contribution is -1.99. The molecule has 106 valence electrons. The zero-order valence-corrected chi connectivity index (χ0v) is 12.2. The van der Waals surface area contributed by atoms with Crippen molar-refractivity contribution in [3.63, 3.8) is 0 Å². The first-order chi connectivity index (χ1) is 10.2. The summed E-state index contributed by atoms with van der Waals surface area (Å²) in [4.78, 5) is 12.2. The third kappa shape index (κ3) is 3.11. The summed E-state index contributed by atoms with van der Waals surface area (Å²) < 4.78 is 2.16. The quantitative estimate of drug-likeness (QED) is 0.720. The first-order valence-electron chi connectivity index (χ1n) is 6.74. The standard InChI is InChI=1S/C17H15NO2S/c19-17(20)14-6-7-16-13(12-14)8-9-18(16)10-11-21-15-4-2-1-3-5-15/h1-9,12H,10-11H2,(H,19,20). The third-order valence-corrected chi connectivity index (χ3v) is 4.35. The number of thioether (sulfide) groups is 1. The van der Waals surface area contributed by atoms with Gasteiger partial charge in [-0.15, -0.1) is 11.8 Å². The van der Waals surface area contributed by atoms with Gasteiger partial charge in [-0.05, 0) is 36.4 Å². The summed E-state index contributed by atoms with van der Waals surface area (Å²) in [5.41, 5.74) is 1.41. The van der Waals surface area contributed by atoms with Gasteiger partial charge in [-0.3, -0.25) is 0 Å². The van der Waals surface area contributed by atoms with Crippen molar-refractivity contribution in [1.82, 2.24) is 4.57 Å². The maximum absolute atomic E-state index is 11.0. The second-order valence-corrected chi connectivity index (χ2v) is 5.92. The van der Waals surface area contributed by atoms with Crippen LogP contribution in [-0.4, -0.2) is 21.4 Å². The highest BCUT2D eigenvalue weighted by Gasteiger charge is 2.06. The lowest BCUT2D eigenvalue weighted by atomic mass is 10.1. The number of nitrogens with zero attached hydrogens (tertiary/aromatic N) is 1. The van der Waals surface area contributed by atoms with Gasteiger partial charge < -0.3 is 9.67 Å². The fourth-order valence-electron chi connectivity index (χ4n) is 2.31. The number of fused-ring (bicyclic) bond motifs is 1. The lowest BCUT2D eigenvalue weighted by Gasteiger charge is -2.06. The Kier molecular flexibility index (Phi) is 3.97. The summed E-state index contributed by atoms with van der Waals surface area (Å²) in [5, 5.41) is 9.98. The van der Waals surface area contributed by atoms with Crippen LogP contribution in [0.4, 0.5) is 0 Å². The first kappa shape index (κ1) is 13.8. The van der Waals surface area contributed by atoms with Crippen LogP contribution in [0.25, 0.3) is 10.9 Å². The molecule has 0 aliphatic heterocycles. The van der Waals surface area contributed by atoms with E-state index in [0.29, 0.717) is 5.56 Å². The molecule has 0 saturated heterocycles. The van der Waals surface area contributed by atoms with Crippen molar-refractivity contribution in [3.05, 3.63) is 66.4 Å². The molecule has 1 heterocycles. The molecule has 2 aromatic carbocycles. The average molecular weight is 297 g/mol. The Morgan fingerprint density at radius 1 is 1.10 bits per heavy atom. The van der Waals surface area contributed by atoms with Crippen molar-refractivity contribution in [3.8, 4) is 0 Å². The highest BCUT2D eigenvalue weighted by atomic mass is 32.2. The number of aromatic nitrogens is 1. The minimum Gasteiger partial charge on any atom is -0.478 e. The molecule has 0 aliphatic rings. The maximum Gasteiger partial charge on any atom is 0.335 e. The molecule has 0 spiro atoms. The highest BCUT2D eigenvalue weighted by Crippen LogP contribution is 2.21. The molecule has 1 N–H and O–H groups in total.